The summed E-state index contributed by atoms with van der Waals surface area (Å²) >= 11 is 0. The van der Waals surface area contributed by atoms with Crippen LogP contribution in [0.15, 0.2) is 45.1 Å². The van der Waals surface area contributed by atoms with Crippen LogP contribution in [0.3, 0.4) is 0 Å². The van der Waals surface area contributed by atoms with Gasteiger partial charge in [-0.3, -0.25) is 4.79 Å². The minimum atomic E-state index is -1.11. The van der Waals surface area contributed by atoms with Crippen LogP contribution in [0.1, 0.15) is 46.3 Å². The molecule has 0 fully saturated rings. The lowest BCUT2D eigenvalue weighted by molar-refractivity contribution is -0.174. The number of ether oxygens (including phenoxy) is 3. The monoisotopic (exact) mass is 386 g/mol. The number of carbonyl (C=O) groups excluding carboxylic acids is 2. The van der Waals surface area contributed by atoms with Gasteiger partial charge in [0.2, 0.25) is 0 Å². The zero-order valence-corrected chi connectivity index (χ0v) is 16.4. The van der Waals surface area contributed by atoms with E-state index in [-0.39, 0.29) is 5.58 Å². The second-order valence-electron chi connectivity index (χ2n) is 7.18. The molecule has 0 spiro atoms. The van der Waals surface area contributed by atoms with E-state index in [9.17, 15) is 14.4 Å². The van der Waals surface area contributed by atoms with Gasteiger partial charge >= 0.3 is 17.6 Å². The lowest BCUT2D eigenvalue weighted by Crippen LogP contribution is -2.46. The Hall–Kier alpha value is -3.09. The van der Waals surface area contributed by atoms with Crippen LogP contribution in [0, 0.1) is 0 Å². The Balaban J connectivity index is 2.16. The van der Waals surface area contributed by atoms with Gasteiger partial charge in [0.25, 0.3) is 0 Å². The van der Waals surface area contributed by atoms with E-state index < -0.39 is 35.4 Å². The predicted octanol–water partition coefficient (Wildman–Crippen LogP) is 3.45. The zero-order valence-electron chi connectivity index (χ0n) is 16.4. The number of carbonyl (C=O) groups is 2. The van der Waals surface area contributed by atoms with E-state index in [1.807, 2.05) is 0 Å². The van der Waals surface area contributed by atoms with Crippen molar-refractivity contribution in [2.75, 3.05) is 0 Å². The minimum absolute atomic E-state index is 0.280. The topological polar surface area (TPSA) is 92.0 Å². The number of esters is 2. The Morgan fingerprint density at radius 2 is 1.82 bits per heavy atom. The maximum absolute atomic E-state index is 12.5. The Kier molecular flexibility index (Phi) is 5.02. The molecule has 7 heteroatoms. The third-order valence-electron chi connectivity index (χ3n) is 4.68. The summed E-state index contributed by atoms with van der Waals surface area (Å²) in [6, 6.07) is 6.40. The molecule has 1 aliphatic heterocycles. The van der Waals surface area contributed by atoms with Crippen molar-refractivity contribution in [2.45, 2.75) is 52.4 Å². The number of rotatable bonds is 4. The van der Waals surface area contributed by atoms with Crippen LogP contribution < -0.4 is 10.4 Å². The Labute approximate surface area is 161 Å². The van der Waals surface area contributed by atoms with Gasteiger partial charge in [-0.1, -0.05) is 6.08 Å². The Bertz CT molecular complexity index is 1030. The van der Waals surface area contributed by atoms with Gasteiger partial charge in [-0.25, -0.2) is 9.59 Å². The molecule has 28 heavy (non-hydrogen) atoms. The van der Waals surface area contributed by atoms with Crippen molar-refractivity contribution in [1.82, 2.24) is 0 Å². The predicted molar refractivity (Wildman–Crippen MR) is 101 cm³/mol. The smallest absolute Gasteiger partial charge is 0.336 e. The van der Waals surface area contributed by atoms with E-state index in [4.69, 9.17) is 18.6 Å². The van der Waals surface area contributed by atoms with Crippen molar-refractivity contribution < 1.29 is 28.2 Å². The van der Waals surface area contributed by atoms with Crippen molar-refractivity contribution in [3.63, 3.8) is 0 Å². The molecule has 2 atom stereocenters. The molecule has 148 valence electrons. The van der Waals surface area contributed by atoms with Gasteiger partial charge in [0, 0.05) is 23.9 Å². The molecule has 7 nitrogen and oxygen atoms in total. The van der Waals surface area contributed by atoms with Crippen LogP contribution in [0.2, 0.25) is 0 Å². The van der Waals surface area contributed by atoms with E-state index in [1.165, 1.54) is 13.0 Å². The van der Waals surface area contributed by atoms with Gasteiger partial charge in [0.05, 0.1) is 5.56 Å². The average molecular weight is 386 g/mol. The number of benzene rings is 1. The number of fused-ring (bicyclic) bond motifs is 3. The molecule has 2 heterocycles. The summed E-state index contributed by atoms with van der Waals surface area (Å²) in [6.07, 6.45) is -0.119. The van der Waals surface area contributed by atoms with Crippen LogP contribution in [0.4, 0.5) is 0 Å². The van der Waals surface area contributed by atoms with Crippen molar-refractivity contribution in [3.05, 3.63) is 51.9 Å². The molecule has 0 saturated carbocycles. The first kappa shape index (κ1) is 19.7. The molecule has 0 radical (unpaired) electrons. The van der Waals surface area contributed by atoms with E-state index >= 15 is 0 Å². The van der Waals surface area contributed by atoms with Crippen LogP contribution >= 0.6 is 0 Å². The second kappa shape index (κ2) is 7.14. The molecule has 0 aliphatic carbocycles. The Morgan fingerprint density at radius 3 is 2.46 bits per heavy atom. The van der Waals surface area contributed by atoms with Gasteiger partial charge < -0.3 is 18.6 Å². The summed E-state index contributed by atoms with van der Waals surface area (Å²) in [4.78, 5) is 35.9. The fraction of sp³-hybridized carbons (Fsp3) is 0.381. The van der Waals surface area contributed by atoms with Crippen molar-refractivity contribution >= 4 is 22.9 Å². The number of allylic oxidation sites excluding steroid dienone is 1. The fourth-order valence-electron chi connectivity index (χ4n) is 3.24. The molecule has 3 rings (SSSR count). The Morgan fingerprint density at radius 1 is 1.14 bits per heavy atom. The van der Waals surface area contributed by atoms with E-state index in [0.29, 0.717) is 22.3 Å². The molecule has 2 aromatic rings. The van der Waals surface area contributed by atoms with Crippen LogP contribution in [0.25, 0.3) is 11.0 Å². The first-order valence-corrected chi connectivity index (χ1v) is 8.91. The first-order chi connectivity index (χ1) is 13.1. The highest BCUT2D eigenvalue weighted by molar-refractivity contribution is 5.89. The highest BCUT2D eigenvalue weighted by atomic mass is 16.6. The quantitative estimate of drug-likeness (QED) is 0.451. The molecule has 0 bridgehead atoms. The third-order valence-corrected chi connectivity index (χ3v) is 4.68. The van der Waals surface area contributed by atoms with E-state index in [2.05, 4.69) is 0 Å². The lowest BCUT2D eigenvalue weighted by Gasteiger charge is -2.33. The molecule has 0 saturated heterocycles. The highest BCUT2D eigenvalue weighted by Crippen LogP contribution is 2.47. The summed E-state index contributed by atoms with van der Waals surface area (Å²) in [7, 11) is 0. The van der Waals surface area contributed by atoms with Crippen molar-refractivity contribution in [2.24, 2.45) is 0 Å². The summed E-state index contributed by atoms with van der Waals surface area (Å²) in [6.45, 7) is 8.00. The number of hydrogen-bond acceptors (Lipinski definition) is 7. The third kappa shape index (κ3) is 3.52. The molecule has 0 unspecified atom stereocenters. The number of hydrogen-bond donors (Lipinski definition) is 0. The highest BCUT2D eigenvalue weighted by Gasteiger charge is 2.50. The van der Waals surface area contributed by atoms with Gasteiger partial charge in [0.15, 0.2) is 12.2 Å². The summed E-state index contributed by atoms with van der Waals surface area (Å²) < 4.78 is 22.6. The molecular formula is C21H22O7. The van der Waals surface area contributed by atoms with Gasteiger partial charge in [-0.05, 0) is 45.9 Å². The normalized spacial score (nSPS) is 19.1. The van der Waals surface area contributed by atoms with Gasteiger partial charge in [-0.2, -0.15) is 0 Å². The minimum Gasteiger partial charge on any atom is -0.481 e. The lowest BCUT2D eigenvalue weighted by atomic mass is 9.93. The molecular weight excluding hydrogens is 364 g/mol. The fourth-order valence-corrected chi connectivity index (χ4v) is 3.24. The molecule has 0 amide bonds. The maximum Gasteiger partial charge on any atom is 0.336 e. The van der Waals surface area contributed by atoms with Crippen molar-refractivity contribution in [3.8, 4) is 5.75 Å². The average Bonchev–Trinajstić information content (AvgIpc) is 2.99. The summed E-state index contributed by atoms with van der Waals surface area (Å²) in [5, 5.41) is 0.664. The summed E-state index contributed by atoms with van der Waals surface area (Å²) in [5.41, 5.74) is -0.502. The summed E-state index contributed by atoms with van der Waals surface area (Å²) in [5.74, 6) is -0.624. The SMILES string of the molecule is C/C=C(/C)C(=O)O[C@@H]1c2c(ccc3ccc(=O)oc23)O[C@@H]1C(C)(C)OC(C)=O. The first-order valence-electron chi connectivity index (χ1n) is 8.91. The van der Waals surface area contributed by atoms with Gasteiger partial charge in [-0.15, -0.1) is 0 Å². The van der Waals surface area contributed by atoms with Gasteiger partial charge in [0.1, 0.15) is 16.9 Å². The standard InChI is InChI=1S/C21H22O7/c1-6-11(2)20(24)27-18-16-14(25-19(18)21(4,5)28-12(3)22)9-7-13-8-10-15(23)26-17(13)16/h6-10,18-19H,1-5H3/b11-6-/t18-,19+/m1/s1. The van der Waals surface area contributed by atoms with Crippen LogP contribution in [0.5, 0.6) is 5.75 Å². The molecule has 1 aromatic heterocycles. The van der Waals surface area contributed by atoms with Crippen molar-refractivity contribution in [1.29, 1.82) is 0 Å². The van der Waals surface area contributed by atoms with E-state index in [0.717, 1.165) is 0 Å². The van der Waals surface area contributed by atoms with Crippen LogP contribution in [-0.4, -0.2) is 23.6 Å². The molecule has 1 aliphatic rings. The van der Waals surface area contributed by atoms with E-state index in [1.54, 1.807) is 52.0 Å². The maximum atomic E-state index is 12.5. The molecule has 1 aromatic carbocycles. The molecule has 0 N–H and O–H groups in total. The second-order valence-corrected chi connectivity index (χ2v) is 7.18. The largest absolute Gasteiger partial charge is 0.481 e. The zero-order chi connectivity index (χ0) is 20.6. The van der Waals surface area contributed by atoms with Crippen LogP contribution in [-0.2, 0) is 19.1 Å².